The van der Waals surface area contributed by atoms with Crippen molar-refractivity contribution in [1.29, 1.82) is 0 Å². The zero-order valence-corrected chi connectivity index (χ0v) is 12.3. The lowest BCUT2D eigenvalue weighted by molar-refractivity contribution is 1.40. The van der Waals surface area contributed by atoms with Crippen molar-refractivity contribution >= 4 is 33.1 Å². The van der Waals surface area contributed by atoms with Crippen molar-refractivity contribution < 1.29 is 0 Å². The van der Waals surface area contributed by atoms with Crippen LogP contribution in [0.1, 0.15) is 11.1 Å². The van der Waals surface area contributed by atoms with E-state index in [1.54, 1.807) is 0 Å². The monoisotopic (exact) mass is 277 g/mol. The average Bonchev–Trinajstić information content (AvgIpc) is 3.00. The Labute approximate surface area is 121 Å². The summed E-state index contributed by atoms with van der Waals surface area (Å²) < 4.78 is 0. The van der Waals surface area contributed by atoms with Gasteiger partial charge >= 0.3 is 0 Å². The van der Waals surface area contributed by atoms with E-state index in [-0.39, 0.29) is 0 Å². The van der Waals surface area contributed by atoms with Crippen LogP contribution in [0.15, 0.2) is 47.8 Å². The van der Waals surface area contributed by atoms with Crippen molar-refractivity contribution in [1.82, 2.24) is 4.98 Å². The molecule has 0 aliphatic heterocycles. The maximum atomic E-state index is 3.48. The molecule has 0 saturated heterocycles. The molecular weight excluding hydrogens is 262 g/mol. The second-order valence-corrected chi connectivity index (χ2v) is 6.18. The molecule has 4 rings (SSSR count). The van der Waals surface area contributed by atoms with Gasteiger partial charge in [-0.3, -0.25) is 0 Å². The predicted octanol–water partition coefficient (Wildman–Crippen LogP) is 5.67. The number of hydrogen-bond donors (Lipinski definition) is 1. The largest absolute Gasteiger partial charge is 0.355 e. The molecule has 1 N–H and O–H groups in total. The minimum Gasteiger partial charge on any atom is -0.355 e. The van der Waals surface area contributed by atoms with Crippen LogP contribution >= 0.6 is 11.3 Å². The standard InChI is InChI=1S/C18H15NS/c1-11-10-20-18(12(11)2)13-7-8-17-15(9-13)14-5-3-4-6-16(14)19-17/h3-10,19H,1-2H3. The molecule has 2 heterocycles. The third-order valence-electron chi connectivity index (χ3n) is 4.05. The van der Waals surface area contributed by atoms with Crippen LogP contribution in [0.5, 0.6) is 0 Å². The first kappa shape index (κ1) is 11.7. The molecule has 98 valence electrons. The van der Waals surface area contributed by atoms with E-state index in [0.717, 1.165) is 0 Å². The summed E-state index contributed by atoms with van der Waals surface area (Å²) in [6.45, 7) is 4.39. The molecule has 0 aliphatic carbocycles. The van der Waals surface area contributed by atoms with E-state index in [2.05, 4.69) is 66.7 Å². The van der Waals surface area contributed by atoms with E-state index in [1.165, 1.54) is 43.4 Å². The van der Waals surface area contributed by atoms with Crippen LogP contribution in [0.2, 0.25) is 0 Å². The molecule has 0 aliphatic rings. The zero-order chi connectivity index (χ0) is 13.7. The molecule has 1 nitrogen and oxygen atoms in total. The minimum atomic E-state index is 1.21. The van der Waals surface area contributed by atoms with Crippen molar-refractivity contribution in [3.8, 4) is 10.4 Å². The first-order valence-electron chi connectivity index (χ1n) is 6.79. The Kier molecular flexibility index (Phi) is 2.48. The van der Waals surface area contributed by atoms with Gasteiger partial charge in [0.2, 0.25) is 0 Å². The summed E-state index contributed by atoms with van der Waals surface area (Å²) in [5, 5.41) is 4.85. The molecule has 0 spiro atoms. The van der Waals surface area contributed by atoms with E-state index in [1.807, 2.05) is 11.3 Å². The first-order valence-corrected chi connectivity index (χ1v) is 7.67. The lowest BCUT2D eigenvalue weighted by atomic mass is 10.0. The van der Waals surface area contributed by atoms with E-state index >= 15 is 0 Å². The maximum Gasteiger partial charge on any atom is 0.0465 e. The molecule has 2 aromatic heterocycles. The number of para-hydroxylation sites is 1. The normalized spacial score (nSPS) is 11.5. The lowest BCUT2D eigenvalue weighted by Crippen LogP contribution is -1.78. The highest BCUT2D eigenvalue weighted by Gasteiger charge is 2.09. The Bertz CT molecular complexity index is 927. The molecule has 0 unspecified atom stereocenters. The van der Waals surface area contributed by atoms with Gasteiger partial charge < -0.3 is 4.98 Å². The number of nitrogens with one attached hydrogen (secondary N) is 1. The van der Waals surface area contributed by atoms with Crippen LogP contribution in [0.4, 0.5) is 0 Å². The second-order valence-electron chi connectivity index (χ2n) is 5.30. The van der Waals surface area contributed by atoms with Crippen LogP contribution in [0.3, 0.4) is 0 Å². The van der Waals surface area contributed by atoms with E-state index in [0.29, 0.717) is 0 Å². The smallest absolute Gasteiger partial charge is 0.0465 e. The van der Waals surface area contributed by atoms with Crippen molar-refractivity contribution in [3.63, 3.8) is 0 Å². The fourth-order valence-corrected chi connectivity index (χ4v) is 3.85. The fraction of sp³-hybridized carbons (Fsp3) is 0.111. The van der Waals surface area contributed by atoms with Gasteiger partial charge in [0.1, 0.15) is 0 Å². The summed E-state index contributed by atoms with van der Waals surface area (Å²) in [7, 11) is 0. The van der Waals surface area contributed by atoms with Gasteiger partial charge in [-0.25, -0.2) is 0 Å². The highest BCUT2D eigenvalue weighted by atomic mass is 32.1. The molecule has 0 amide bonds. The van der Waals surface area contributed by atoms with Crippen LogP contribution in [0, 0.1) is 13.8 Å². The van der Waals surface area contributed by atoms with Crippen molar-refractivity contribution in [2.75, 3.05) is 0 Å². The summed E-state index contributed by atoms with van der Waals surface area (Å²) in [6.07, 6.45) is 0. The van der Waals surface area contributed by atoms with Gasteiger partial charge in [-0.1, -0.05) is 24.3 Å². The molecule has 4 aromatic rings. The molecule has 0 fully saturated rings. The fourth-order valence-electron chi connectivity index (χ4n) is 2.78. The number of aromatic nitrogens is 1. The molecule has 0 saturated carbocycles. The molecule has 20 heavy (non-hydrogen) atoms. The Morgan fingerprint density at radius 1 is 0.900 bits per heavy atom. The topological polar surface area (TPSA) is 15.8 Å². The Hall–Kier alpha value is -2.06. The van der Waals surface area contributed by atoms with Gasteiger partial charge in [0.25, 0.3) is 0 Å². The molecule has 2 heteroatoms. The quantitative estimate of drug-likeness (QED) is 0.461. The Balaban J connectivity index is 2.02. The van der Waals surface area contributed by atoms with Crippen LogP contribution in [-0.4, -0.2) is 4.98 Å². The van der Waals surface area contributed by atoms with Crippen LogP contribution in [0.25, 0.3) is 32.2 Å². The van der Waals surface area contributed by atoms with Crippen LogP contribution in [-0.2, 0) is 0 Å². The number of hydrogen-bond acceptors (Lipinski definition) is 1. The van der Waals surface area contributed by atoms with Gasteiger partial charge in [0.05, 0.1) is 0 Å². The average molecular weight is 277 g/mol. The molecule has 2 aromatic carbocycles. The predicted molar refractivity (Wildman–Crippen MR) is 88.6 cm³/mol. The number of benzene rings is 2. The summed E-state index contributed by atoms with van der Waals surface area (Å²) in [6, 6.07) is 15.2. The van der Waals surface area contributed by atoms with Gasteiger partial charge in [-0.15, -0.1) is 11.3 Å². The first-order chi connectivity index (χ1) is 9.74. The molecule has 0 atom stereocenters. The van der Waals surface area contributed by atoms with Gasteiger partial charge in [0.15, 0.2) is 0 Å². The van der Waals surface area contributed by atoms with E-state index in [4.69, 9.17) is 0 Å². The highest BCUT2D eigenvalue weighted by molar-refractivity contribution is 7.14. The number of aromatic amines is 1. The Morgan fingerprint density at radius 2 is 1.70 bits per heavy atom. The molecule has 0 bridgehead atoms. The second kappa shape index (κ2) is 4.22. The number of aryl methyl sites for hydroxylation is 1. The lowest BCUT2D eigenvalue weighted by Gasteiger charge is -2.01. The minimum absolute atomic E-state index is 1.21. The number of thiophene rings is 1. The summed E-state index contributed by atoms with van der Waals surface area (Å²) in [5.41, 5.74) is 6.51. The zero-order valence-electron chi connectivity index (χ0n) is 11.5. The molecular formula is C18H15NS. The molecule has 0 radical (unpaired) electrons. The van der Waals surface area contributed by atoms with Gasteiger partial charge in [-0.2, -0.15) is 0 Å². The third-order valence-corrected chi connectivity index (χ3v) is 5.30. The Morgan fingerprint density at radius 3 is 2.50 bits per heavy atom. The summed E-state index contributed by atoms with van der Waals surface area (Å²) in [5.74, 6) is 0. The summed E-state index contributed by atoms with van der Waals surface area (Å²) >= 11 is 1.84. The number of rotatable bonds is 1. The van der Waals surface area contributed by atoms with Crippen molar-refractivity contribution in [3.05, 3.63) is 59.0 Å². The van der Waals surface area contributed by atoms with Gasteiger partial charge in [0, 0.05) is 26.7 Å². The SMILES string of the molecule is Cc1csc(-c2ccc3[nH]c4ccccc4c3c2)c1C. The summed E-state index contributed by atoms with van der Waals surface area (Å²) in [4.78, 5) is 4.86. The van der Waals surface area contributed by atoms with Gasteiger partial charge in [-0.05, 0) is 54.1 Å². The number of fused-ring (bicyclic) bond motifs is 3. The van der Waals surface area contributed by atoms with Crippen molar-refractivity contribution in [2.45, 2.75) is 13.8 Å². The highest BCUT2D eigenvalue weighted by Crippen LogP contribution is 2.35. The van der Waals surface area contributed by atoms with E-state index < -0.39 is 0 Å². The van der Waals surface area contributed by atoms with E-state index in [9.17, 15) is 0 Å². The number of H-pyrrole nitrogens is 1. The van der Waals surface area contributed by atoms with Crippen molar-refractivity contribution in [2.24, 2.45) is 0 Å². The van der Waals surface area contributed by atoms with Crippen LogP contribution < -0.4 is 0 Å². The maximum absolute atomic E-state index is 3.48. The third kappa shape index (κ3) is 1.61.